The molecule has 9 heteroatoms. The lowest BCUT2D eigenvalue weighted by molar-refractivity contribution is -0.119. The van der Waals surface area contributed by atoms with Gasteiger partial charge in [-0.2, -0.15) is 0 Å². The first-order valence-electron chi connectivity index (χ1n) is 11.4. The molecule has 0 unspecified atom stereocenters. The van der Waals surface area contributed by atoms with Gasteiger partial charge in [-0.25, -0.2) is 9.97 Å². The third kappa shape index (κ3) is 6.20. The van der Waals surface area contributed by atoms with Gasteiger partial charge in [0.2, 0.25) is 5.91 Å². The standard InChI is InChI=1S/C24H32ClN5O3/c1-24(6-8-33-9-7-24)15-28-21-5-3-4-20(29-21)18-11-22(27-13-19(18)25)30-23(31)16-10-17(14-32-2)26-12-16/h3-5,11,13,16-17,26H,6-10,12,14-15H2,1-2H3,(H,28,29)(H,27,30,31)/t16-,17-/m1/s1. The smallest absolute Gasteiger partial charge is 0.229 e. The highest BCUT2D eigenvalue weighted by atomic mass is 35.5. The van der Waals surface area contributed by atoms with Crippen LogP contribution in [0.25, 0.3) is 11.3 Å². The zero-order valence-corrected chi connectivity index (χ0v) is 20.0. The average Bonchev–Trinajstić information content (AvgIpc) is 3.29. The van der Waals surface area contributed by atoms with Crippen LogP contribution in [0.1, 0.15) is 26.2 Å². The Labute approximate surface area is 199 Å². The fraction of sp³-hybridized carbons (Fsp3) is 0.542. The molecule has 2 fully saturated rings. The van der Waals surface area contributed by atoms with Crippen molar-refractivity contribution in [2.75, 3.05) is 50.7 Å². The Balaban J connectivity index is 1.43. The molecule has 0 aliphatic carbocycles. The van der Waals surface area contributed by atoms with E-state index in [2.05, 4.69) is 27.9 Å². The van der Waals surface area contributed by atoms with E-state index in [1.54, 1.807) is 19.4 Å². The van der Waals surface area contributed by atoms with E-state index in [9.17, 15) is 4.79 Å². The molecule has 2 saturated heterocycles. The molecule has 2 aromatic rings. The van der Waals surface area contributed by atoms with Crippen LogP contribution in [0, 0.1) is 11.3 Å². The molecule has 33 heavy (non-hydrogen) atoms. The number of amides is 1. The molecule has 0 saturated carbocycles. The molecule has 4 heterocycles. The third-order valence-corrected chi connectivity index (χ3v) is 6.79. The number of nitrogens with zero attached hydrogens (tertiary/aromatic N) is 2. The molecule has 2 aromatic heterocycles. The summed E-state index contributed by atoms with van der Waals surface area (Å²) in [5.74, 6) is 1.07. The highest BCUT2D eigenvalue weighted by Gasteiger charge is 2.30. The lowest BCUT2D eigenvalue weighted by atomic mass is 9.82. The van der Waals surface area contributed by atoms with Gasteiger partial charge < -0.3 is 25.4 Å². The monoisotopic (exact) mass is 473 g/mol. The zero-order valence-electron chi connectivity index (χ0n) is 19.2. The van der Waals surface area contributed by atoms with Crippen molar-refractivity contribution in [1.29, 1.82) is 0 Å². The first kappa shape index (κ1) is 23.9. The molecule has 2 aliphatic rings. The third-order valence-electron chi connectivity index (χ3n) is 6.49. The van der Waals surface area contributed by atoms with Gasteiger partial charge in [0.15, 0.2) is 0 Å². The van der Waals surface area contributed by atoms with Gasteiger partial charge in [0.1, 0.15) is 11.6 Å². The van der Waals surface area contributed by atoms with Gasteiger partial charge in [-0.1, -0.05) is 24.6 Å². The summed E-state index contributed by atoms with van der Waals surface area (Å²) in [5.41, 5.74) is 1.64. The Morgan fingerprint density at radius 1 is 1.33 bits per heavy atom. The molecule has 4 rings (SSSR count). The number of halogens is 1. The van der Waals surface area contributed by atoms with Crippen molar-refractivity contribution in [2.45, 2.75) is 32.2 Å². The second-order valence-corrected chi connectivity index (χ2v) is 9.62. The minimum Gasteiger partial charge on any atom is -0.383 e. The van der Waals surface area contributed by atoms with Crippen molar-refractivity contribution in [2.24, 2.45) is 11.3 Å². The number of anilines is 2. The molecule has 8 nitrogen and oxygen atoms in total. The van der Waals surface area contributed by atoms with E-state index >= 15 is 0 Å². The van der Waals surface area contributed by atoms with Gasteiger partial charge >= 0.3 is 0 Å². The van der Waals surface area contributed by atoms with Crippen LogP contribution in [0.2, 0.25) is 5.02 Å². The summed E-state index contributed by atoms with van der Waals surface area (Å²) in [7, 11) is 1.66. The largest absolute Gasteiger partial charge is 0.383 e. The summed E-state index contributed by atoms with van der Waals surface area (Å²) in [6.07, 6.45) is 4.35. The fourth-order valence-corrected chi connectivity index (χ4v) is 4.51. The summed E-state index contributed by atoms with van der Waals surface area (Å²) in [5, 5.41) is 10.2. The van der Waals surface area contributed by atoms with Crippen LogP contribution >= 0.6 is 11.6 Å². The van der Waals surface area contributed by atoms with Crippen molar-refractivity contribution in [1.82, 2.24) is 15.3 Å². The number of carbonyl (C=O) groups is 1. The number of aromatic nitrogens is 2. The highest BCUT2D eigenvalue weighted by Crippen LogP contribution is 2.31. The number of rotatable bonds is 8. The first-order valence-corrected chi connectivity index (χ1v) is 11.8. The summed E-state index contributed by atoms with van der Waals surface area (Å²) in [6, 6.07) is 7.79. The van der Waals surface area contributed by atoms with Crippen LogP contribution in [-0.2, 0) is 14.3 Å². The Hall–Kier alpha value is -2.26. The maximum Gasteiger partial charge on any atom is 0.229 e. The number of nitrogens with one attached hydrogen (secondary N) is 3. The van der Waals surface area contributed by atoms with Crippen molar-refractivity contribution < 1.29 is 14.3 Å². The number of ether oxygens (including phenoxy) is 2. The van der Waals surface area contributed by atoms with Crippen LogP contribution in [0.15, 0.2) is 30.5 Å². The molecular weight excluding hydrogens is 442 g/mol. The van der Waals surface area contributed by atoms with Crippen LogP contribution in [0.4, 0.5) is 11.6 Å². The zero-order chi connectivity index (χ0) is 23.3. The quantitative estimate of drug-likeness (QED) is 0.539. The number of hydrogen-bond donors (Lipinski definition) is 3. The first-order chi connectivity index (χ1) is 16.0. The molecule has 1 amide bonds. The minimum absolute atomic E-state index is 0.0602. The number of methoxy groups -OCH3 is 1. The van der Waals surface area contributed by atoms with E-state index in [0.29, 0.717) is 24.0 Å². The van der Waals surface area contributed by atoms with Crippen LogP contribution in [-0.4, -0.2) is 61.9 Å². The Morgan fingerprint density at radius 3 is 2.94 bits per heavy atom. The van der Waals surface area contributed by atoms with Gasteiger partial charge in [-0.15, -0.1) is 0 Å². The molecule has 2 atom stereocenters. The second kappa shape index (κ2) is 10.8. The summed E-state index contributed by atoms with van der Waals surface area (Å²) < 4.78 is 10.7. The SMILES string of the molecule is COC[C@H]1C[C@@H](C(=O)Nc2cc(-c3cccc(NCC4(C)CCOCC4)n3)c(Cl)cn2)CN1. The highest BCUT2D eigenvalue weighted by molar-refractivity contribution is 6.33. The van der Waals surface area contributed by atoms with Gasteiger partial charge in [0.05, 0.1) is 23.2 Å². The number of pyridine rings is 2. The molecule has 0 spiro atoms. The summed E-state index contributed by atoms with van der Waals surface area (Å²) in [6.45, 7) is 5.93. The van der Waals surface area contributed by atoms with Crippen molar-refractivity contribution >= 4 is 29.1 Å². The van der Waals surface area contributed by atoms with Crippen LogP contribution in [0.3, 0.4) is 0 Å². The Morgan fingerprint density at radius 2 is 2.15 bits per heavy atom. The second-order valence-electron chi connectivity index (χ2n) is 9.22. The van der Waals surface area contributed by atoms with Gasteiger partial charge in [-0.05, 0) is 42.9 Å². The number of hydrogen-bond acceptors (Lipinski definition) is 7. The molecule has 2 aliphatic heterocycles. The van der Waals surface area contributed by atoms with E-state index in [1.807, 2.05) is 18.2 Å². The van der Waals surface area contributed by atoms with Gasteiger partial charge in [0, 0.05) is 51.2 Å². The summed E-state index contributed by atoms with van der Waals surface area (Å²) >= 11 is 6.45. The lowest BCUT2D eigenvalue weighted by Gasteiger charge is -2.33. The molecule has 178 valence electrons. The maximum absolute atomic E-state index is 12.7. The maximum atomic E-state index is 12.7. The Bertz CT molecular complexity index is 967. The predicted octanol–water partition coefficient (Wildman–Crippen LogP) is 3.59. The molecule has 0 aromatic carbocycles. The van der Waals surface area contributed by atoms with E-state index in [4.69, 9.17) is 26.1 Å². The fourth-order valence-electron chi connectivity index (χ4n) is 4.31. The van der Waals surface area contributed by atoms with Crippen molar-refractivity contribution in [3.63, 3.8) is 0 Å². The molecule has 0 radical (unpaired) electrons. The van der Waals surface area contributed by atoms with Crippen molar-refractivity contribution in [3.05, 3.63) is 35.5 Å². The normalized spacial score (nSPS) is 22.2. The Kier molecular flexibility index (Phi) is 7.80. The minimum atomic E-state index is -0.122. The number of carbonyl (C=O) groups excluding carboxylic acids is 1. The lowest BCUT2D eigenvalue weighted by Crippen LogP contribution is -2.33. The van der Waals surface area contributed by atoms with Crippen LogP contribution in [0.5, 0.6) is 0 Å². The molecular formula is C24H32ClN5O3. The van der Waals surface area contributed by atoms with E-state index in [0.717, 1.165) is 56.1 Å². The van der Waals surface area contributed by atoms with E-state index in [1.165, 1.54) is 0 Å². The van der Waals surface area contributed by atoms with Gasteiger partial charge in [-0.3, -0.25) is 4.79 Å². The summed E-state index contributed by atoms with van der Waals surface area (Å²) in [4.78, 5) is 21.8. The molecule has 0 bridgehead atoms. The topological polar surface area (TPSA) is 97.4 Å². The van der Waals surface area contributed by atoms with E-state index < -0.39 is 0 Å². The molecule has 3 N–H and O–H groups in total. The predicted molar refractivity (Wildman–Crippen MR) is 130 cm³/mol. The van der Waals surface area contributed by atoms with Crippen LogP contribution < -0.4 is 16.0 Å². The average molecular weight is 474 g/mol. The van der Waals surface area contributed by atoms with Gasteiger partial charge in [0.25, 0.3) is 0 Å². The van der Waals surface area contributed by atoms with Crippen molar-refractivity contribution in [3.8, 4) is 11.3 Å². The van der Waals surface area contributed by atoms with E-state index in [-0.39, 0.29) is 23.3 Å².